The summed E-state index contributed by atoms with van der Waals surface area (Å²) in [6.45, 7) is -1.17. The summed E-state index contributed by atoms with van der Waals surface area (Å²) >= 11 is 0. The number of carbonyl (C=O) groups is 4. The van der Waals surface area contributed by atoms with Gasteiger partial charge in [0, 0.05) is 12.7 Å². The van der Waals surface area contributed by atoms with E-state index in [9.17, 15) is 32.3 Å². The zero-order valence-corrected chi connectivity index (χ0v) is 17.9. The first-order valence-corrected chi connectivity index (χ1v) is 10.3. The molecule has 0 saturated carbocycles. The largest absolute Gasteiger partial charge is 0.480 e. The third-order valence-corrected chi connectivity index (χ3v) is 5.66. The molecule has 12 heteroatoms. The van der Waals surface area contributed by atoms with Crippen LogP contribution >= 0.6 is 0 Å². The van der Waals surface area contributed by atoms with Gasteiger partial charge in [-0.25, -0.2) is 4.79 Å². The average Bonchev–Trinajstić information content (AvgIpc) is 3.16. The quantitative estimate of drug-likeness (QED) is 0.403. The van der Waals surface area contributed by atoms with Crippen LogP contribution in [0.3, 0.4) is 0 Å². The van der Waals surface area contributed by atoms with E-state index in [2.05, 4.69) is 0 Å². The minimum absolute atomic E-state index is 0.0233. The number of pyridine rings is 1. The molecule has 0 fully saturated rings. The first-order valence-electron chi connectivity index (χ1n) is 10.3. The van der Waals surface area contributed by atoms with E-state index in [4.69, 9.17) is 15.6 Å². The van der Waals surface area contributed by atoms with E-state index in [-0.39, 0.29) is 34.5 Å². The van der Waals surface area contributed by atoms with E-state index in [1.54, 1.807) is 18.2 Å². The Morgan fingerprint density at radius 3 is 2.37 bits per heavy atom. The maximum Gasteiger partial charge on any atom is 0.471 e. The van der Waals surface area contributed by atoms with E-state index in [0.29, 0.717) is 10.5 Å². The number of halogens is 3. The molecule has 1 atom stereocenters. The Labute approximate surface area is 195 Å². The molecule has 4 rings (SSSR count). The number of Topliss-reactive ketones (excluding diaryl/α,β-unsaturated/α-hetero) is 1. The molecule has 0 saturated heterocycles. The number of rotatable bonds is 6. The number of carboxylic acids is 1. The zero-order valence-electron chi connectivity index (χ0n) is 17.9. The van der Waals surface area contributed by atoms with E-state index in [0.717, 1.165) is 0 Å². The minimum Gasteiger partial charge on any atom is -0.480 e. The van der Waals surface area contributed by atoms with E-state index < -0.39 is 48.9 Å². The smallest absolute Gasteiger partial charge is 0.471 e. The number of benzene rings is 1. The zero-order chi connectivity index (χ0) is 25.5. The van der Waals surface area contributed by atoms with Crippen LogP contribution in [0, 0.1) is 0 Å². The molecule has 0 radical (unpaired) electrons. The lowest BCUT2D eigenvalue weighted by atomic mass is 9.90. The Kier molecular flexibility index (Phi) is 5.97. The number of primary amides is 1. The second-order valence-electron chi connectivity index (χ2n) is 7.77. The van der Waals surface area contributed by atoms with Gasteiger partial charge in [-0.1, -0.05) is 30.3 Å². The SMILES string of the molecule is NC(=O)C(=O)c1c2c(n3cccc(OCC(=O)O)c13)C(c1ccccc1)N(C(=O)C(F)(F)F)CC2. The fourth-order valence-electron chi connectivity index (χ4n) is 4.39. The van der Waals surface area contributed by atoms with Crippen molar-refractivity contribution < 1.29 is 42.2 Å². The summed E-state index contributed by atoms with van der Waals surface area (Å²) in [5, 5.41) is 9.01. The molecule has 35 heavy (non-hydrogen) atoms. The highest BCUT2D eigenvalue weighted by Gasteiger charge is 2.48. The number of ether oxygens (including phenoxy) is 1. The van der Waals surface area contributed by atoms with Crippen molar-refractivity contribution in [3.63, 3.8) is 0 Å². The molecule has 182 valence electrons. The highest BCUT2D eigenvalue weighted by molar-refractivity contribution is 6.44. The Bertz CT molecular complexity index is 1350. The molecule has 0 aliphatic carbocycles. The van der Waals surface area contributed by atoms with Gasteiger partial charge in [-0.15, -0.1) is 0 Å². The maximum absolute atomic E-state index is 13.5. The summed E-state index contributed by atoms with van der Waals surface area (Å²) in [7, 11) is 0. The lowest BCUT2D eigenvalue weighted by Gasteiger charge is -2.37. The van der Waals surface area contributed by atoms with Crippen LogP contribution in [0.2, 0.25) is 0 Å². The third kappa shape index (κ3) is 4.18. The second-order valence-corrected chi connectivity index (χ2v) is 7.77. The summed E-state index contributed by atoms with van der Waals surface area (Å²) in [5.74, 6) is -5.88. The van der Waals surface area contributed by atoms with Gasteiger partial charge in [-0.2, -0.15) is 13.2 Å². The molecule has 1 aliphatic heterocycles. The number of nitrogens with two attached hydrogens (primary N) is 1. The Morgan fingerprint density at radius 2 is 1.77 bits per heavy atom. The molecule has 0 spiro atoms. The fourth-order valence-corrected chi connectivity index (χ4v) is 4.39. The van der Waals surface area contributed by atoms with Crippen molar-refractivity contribution in [1.29, 1.82) is 0 Å². The third-order valence-electron chi connectivity index (χ3n) is 5.66. The summed E-state index contributed by atoms with van der Waals surface area (Å²) in [5.41, 5.74) is 5.73. The van der Waals surface area contributed by atoms with Gasteiger partial charge in [0.1, 0.15) is 5.75 Å². The topological polar surface area (TPSA) is 131 Å². The molecule has 3 aromatic rings. The molecule has 2 amide bonds. The molecule has 1 aromatic carbocycles. The van der Waals surface area contributed by atoms with Crippen LogP contribution in [0.25, 0.3) is 5.52 Å². The van der Waals surface area contributed by atoms with Crippen LogP contribution < -0.4 is 10.5 Å². The molecule has 3 heterocycles. The number of hydrogen-bond donors (Lipinski definition) is 2. The first kappa shape index (κ1) is 23.8. The van der Waals surface area contributed by atoms with Gasteiger partial charge in [0.2, 0.25) is 0 Å². The number of fused-ring (bicyclic) bond motifs is 3. The normalized spacial score (nSPS) is 15.5. The van der Waals surface area contributed by atoms with Crippen LogP contribution in [0.15, 0.2) is 48.7 Å². The van der Waals surface area contributed by atoms with E-state index >= 15 is 0 Å². The van der Waals surface area contributed by atoms with Gasteiger partial charge < -0.3 is 24.9 Å². The molecular weight excluding hydrogens is 471 g/mol. The molecule has 9 nitrogen and oxygen atoms in total. The molecule has 2 aromatic heterocycles. The summed E-state index contributed by atoms with van der Waals surface area (Å²) < 4.78 is 47.2. The van der Waals surface area contributed by atoms with Gasteiger partial charge in [-0.05, 0) is 29.7 Å². The van der Waals surface area contributed by atoms with Crippen molar-refractivity contribution in [3.05, 3.63) is 71.0 Å². The van der Waals surface area contributed by atoms with Crippen molar-refractivity contribution in [2.24, 2.45) is 5.73 Å². The predicted octanol–water partition coefficient (Wildman–Crippen LogP) is 2.11. The number of aromatic nitrogens is 1. The highest BCUT2D eigenvalue weighted by Crippen LogP contribution is 2.43. The minimum atomic E-state index is -5.15. The summed E-state index contributed by atoms with van der Waals surface area (Å²) in [4.78, 5) is 48.9. The summed E-state index contributed by atoms with van der Waals surface area (Å²) in [6, 6.07) is 9.43. The van der Waals surface area contributed by atoms with E-state index in [1.807, 2.05) is 0 Å². The van der Waals surface area contributed by atoms with Gasteiger partial charge in [0.05, 0.1) is 22.8 Å². The number of hydrogen-bond acceptors (Lipinski definition) is 5. The van der Waals surface area contributed by atoms with Crippen LogP contribution in [0.4, 0.5) is 13.2 Å². The second kappa shape index (κ2) is 8.78. The Hall–Kier alpha value is -4.35. The number of ketones is 1. The molecule has 3 N–H and O–H groups in total. The monoisotopic (exact) mass is 489 g/mol. The molecular formula is C23H18F3N3O6. The number of carbonyl (C=O) groups excluding carboxylic acids is 3. The van der Waals surface area contributed by atoms with Crippen LogP contribution in [-0.4, -0.2) is 57.3 Å². The lowest BCUT2D eigenvalue weighted by Crippen LogP contribution is -2.47. The Balaban J connectivity index is 2.05. The average molecular weight is 489 g/mol. The number of aliphatic carboxylic acids is 1. The molecule has 0 bridgehead atoms. The van der Waals surface area contributed by atoms with Crippen LogP contribution in [0.1, 0.15) is 33.2 Å². The number of amides is 2. The van der Waals surface area contributed by atoms with Gasteiger partial charge in [0.25, 0.3) is 11.7 Å². The molecule has 1 unspecified atom stereocenters. The fraction of sp³-hybridized carbons (Fsp3) is 0.217. The van der Waals surface area contributed by atoms with Crippen molar-refractivity contribution in [1.82, 2.24) is 9.30 Å². The number of carboxylic acid groups (broad SMARTS) is 1. The lowest BCUT2D eigenvalue weighted by molar-refractivity contribution is -0.187. The standard InChI is InChI=1S/C23H18F3N3O6/c24-23(25,26)22(34)29-10-8-13-16(20(32)21(27)33)19-14(35-11-15(30)31)7-4-9-28(19)18(13)17(29)12-5-2-1-3-6-12/h1-7,9,17H,8,10-11H2,(H2,27,33)(H,30,31). The van der Waals surface area contributed by atoms with Crippen molar-refractivity contribution >= 4 is 29.1 Å². The number of nitrogens with zero attached hydrogens (tertiary/aromatic N) is 2. The number of alkyl halides is 3. The van der Waals surface area contributed by atoms with Gasteiger partial charge in [-0.3, -0.25) is 14.4 Å². The van der Waals surface area contributed by atoms with Gasteiger partial charge >= 0.3 is 18.1 Å². The summed E-state index contributed by atoms with van der Waals surface area (Å²) in [6.07, 6.45) is -3.91. The Morgan fingerprint density at radius 1 is 1.09 bits per heavy atom. The predicted molar refractivity (Wildman–Crippen MR) is 114 cm³/mol. The van der Waals surface area contributed by atoms with Crippen molar-refractivity contribution in [2.45, 2.75) is 18.6 Å². The van der Waals surface area contributed by atoms with Gasteiger partial charge in [0.15, 0.2) is 6.61 Å². The first-order chi connectivity index (χ1) is 16.5. The van der Waals surface area contributed by atoms with Crippen LogP contribution in [0.5, 0.6) is 5.75 Å². The maximum atomic E-state index is 13.5. The van der Waals surface area contributed by atoms with Crippen molar-refractivity contribution in [2.75, 3.05) is 13.2 Å². The highest BCUT2D eigenvalue weighted by atomic mass is 19.4. The van der Waals surface area contributed by atoms with Crippen LogP contribution in [-0.2, 0) is 20.8 Å². The van der Waals surface area contributed by atoms with E-state index in [1.165, 1.54) is 34.9 Å². The van der Waals surface area contributed by atoms with Crippen molar-refractivity contribution in [3.8, 4) is 5.75 Å². The molecule has 1 aliphatic rings.